The van der Waals surface area contributed by atoms with Crippen LogP contribution in [0, 0.1) is 5.92 Å². The Kier molecular flexibility index (Phi) is 10.2. The van der Waals surface area contributed by atoms with Crippen LogP contribution in [0.25, 0.3) is 0 Å². The molecule has 5 nitrogen and oxygen atoms in total. The maximum atomic E-state index is 4.69. The average molecular weight is 312 g/mol. The Bertz CT molecular complexity index is 303. The summed E-state index contributed by atoms with van der Waals surface area (Å²) in [7, 11) is 2.22. The van der Waals surface area contributed by atoms with Crippen LogP contribution in [0.4, 0.5) is 0 Å². The van der Waals surface area contributed by atoms with Crippen molar-refractivity contribution in [2.24, 2.45) is 10.9 Å². The van der Waals surface area contributed by atoms with Gasteiger partial charge in [-0.25, -0.2) is 0 Å². The highest BCUT2D eigenvalue weighted by Crippen LogP contribution is 2.02. The summed E-state index contributed by atoms with van der Waals surface area (Å²) >= 11 is 0. The molecular formula is C17H37N5. The van der Waals surface area contributed by atoms with Gasteiger partial charge in [-0.05, 0) is 58.8 Å². The second-order valence-corrected chi connectivity index (χ2v) is 6.72. The summed E-state index contributed by atoms with van der Waals surface area (Å²) in [5.41, 5.74) is 0. The fraction of sp³-hybridized carbons (Fsp3) is 0.941. The topological polar surface area (TPSA) is 42.9 Å². The van der Waals surface area contributed by atoms with Gasteiger partial charge in [-0.15, -0.1) is 0 Å². The van der Waals surface area contributed by atoms with Crippen molar-refractivity contribution in [1.82, 2.24) is 20.4 Å². The average Bonchev–Trinajstić information content (AvgIpc) is 2.68. The SMILES string of the molecule is CCNC(=NCCCN1CCCN(C)CC1)NCCC(C)C. The summed E-state index contributed by atoms with van der Waals surface area (Å²) in [6.45, 7) is 15.5. The first-order chi connectivity index (χ1) is 10.6. The van der Waals surface area contributed by atoms with E-state index in [1.807, 2.05) is 0 Å². The van der Waals surface area contributed by atoms with E-state index in [4.69, 9.17) is 4.99 Å². The summed E-state index contributed by atoms with van der Waals surface area (Å²) in [6, 6.07) is 0. The molecule has 1 aliphatic rings. The van der Waals surface area contributed by atoms with Crippen molar-refractivity contribution in [3.8, 4) is 0 Å². The first kappa shape index (κ1) is 19.2. The Morgan fingerprint density at radius 1 is 1.14 bits per heavy atom. The first-order valence-electron chi connectivity index (χ1n) is 9.05. The fourth-order valence-corrected chi connectivity index (χ4v) is 2.63. The number of hydrogen-bond donors (Lipinski definition) is 2. The predicted molar refractivity (Wildman–Crippen MR) is 96.6 cm³/mol. The van der Waals surface area contributed by atoms with E-state index in [1.165, 1.54) is 45.6 Å². The summed E-state index contributed by atoms with van der Waals surface area (Å²) < 4.78 is 0. The molecule has 0 unspecified atom stereocenters. The monoisotopic (exact) mass is 311 g/mol. The van der Waals surface area contributed by atoms with E-state index < -0.39 is 0 Å². The highest BCUT2D eigenvalue weighted by molar-refractivity contribution is 5.79. The van der Waals surface area contributed by atoms with E-state index in [-0.39, 0.29) is 0 Å². The van der Waals surface area contributed by atoms with E-state index in [0.29, 0.717) is 0 Å². The third kappa shape index (κ3) is 9.26. The van der Waals surface area contributed by atoms with Crippen molar-refractivity contribution < 1.29 is 0 Å². The van der Waals surface area contributed by atoms with Gasteiger partial charge in [0.2, 0.25) is 0 Å². The molecule has 0 spiro atoms. The molecule has 0 radical (unpaired) electrons. The van der Waals surface area contributed by atoms with Crippen molar-refractivity contribution in [3.63, 3.8) is 0 Å². The molecule has 1 aliphatic heterocycles. The molecule has 0 bridgehead atoms. The van der Waals surface area contributed by atoms with Gasteiger partial charge in [0.05, 0.1) is 0 Å². The van der Waals surface area contributed by atoms with Crippen LogP contribution in [0.15, 0.2) is 4.99 Å². The highest BCUT2D eigenvalue weighted by atomic mass is 15.2. The lowest BCUT2D eigenvalue weighted by molar-refractivity contribution is 0.275. The Labute approximate surface area is 137 Å². The van der Waals surface area contributed by atoms with Gasteiger partial charge in [-0.2, -0.15) is 0 Å². The van der Waals surface area contributed by atoms with Crippen LogP contribution in [-0.2, 0) is 0 Å². The molecule has 0 atom stereocenters. The Hall–Kier alpha value is -0.810. The number of nitrogens with zero attached hydrogens (tertiary/aromatic N) is 3. The van der Waals surface area contributed by atoms with Gasteiger partial charge in [-0.3, -0.25) is 4.99 Å². The minimum atomic E-state index is 0.733. The van der Waals surface area contributed by atoms with Gasteiger partial charge in [0.15, 0.2) is 5.96 Å². The van der Waals surface area contributed by atoms with Crippen LogP contribution in [-0.4, -0.2) is 75.2 Å². The number of likely N-dealkylation sites (N-methyl/N-ethyl adjacent to an activating group) is 1. The van der Waals surface area contributed by atoms with Crippen LogP contribution >= 0.6 is 0 Å². The van der Waals surface area contributed by atoms with E-state index >= 15 is 0 Å². The van der Waals surface area contributed by atoms with Crippen LogP contribution in [0.1, 0.15) is 40.0 Å². The summed E-state index contributed by atoms with van der Waals surface area (Å²) in [5.74, 6) is 1.70. The van der Waals surface area contributed by atoms with Crippen molar-refractivity contribution >= 4 is 5.96 Å². The lowest BCUT2D eigenvalue weighted by Crippen LogP contribution is -2.38. The van der Waals surface area contributed by atoms with Gasteiger partial charge >= 0.3 is 0 Å². The Balaban J connectivity index is 2.21. The number of rotatable bonds is 8. The quantitative estimate of drug-likeness (QED) is 0.406. The maximum absolute atomic E-state index is 4.69. The zero-order valence-corrected chi connectivity index (χ0v) is 15.2. The predicted octanol–water partition coefficient (Wildman–Crippen LogP) is 1.62. The maximum Gasteiger partial charge on any atom is 0.191 e. The van der Waals surface area contributed by atoms with Gasteiger partial charge in [0.1, 0.15) is 0 Å². The van der Waals surface area contributed by atoms with Gasteiger partial charge in [-0.1, -0.05) is 13.8 Å². The molecule has 1 rings (SSSR count). The first-order valence-corrected chi connectivity index (χ1v) is 9.05. The van der Waals surface area contributed by atoms with Gasteiger partial charge < -0.3 is 20.4 Å². The molecule has 0 aromatic heterocycles. The van der Waals surface area contributed by atoms with Crippen molar-refractivity contribution in [1.29, 1.82) is 0 Å². The van der Waals surface area contributed by atoms with Crippen molar-refractivity contribution in [2.75, 3.05) is 59.4 Å². The standard InChI is InChI=1S/C17H37N5/c1-5-18-17(20-10-8-16(2)3)19-9-6-12-22-13-7-11-21(4)14-15-22/h16H,5-15H2,1-4H3,(H2,18,19,20). The normalized spacial score (nSPS) is 18.5. The van der Waals surface area contributed by atoms with Crippen LogP contribution in [0.5, 0.6) is 0 Å². The number of guanidine groups is 1. The zero-order valence-electron chi connectivity index (χ0n) is 15.2. The van der Waals surface area contributed by atoms with E-state index in [0.717, 1.165) is 37.9 Å². The van der Waals surface area contributed by atoms with E-state index in [2.05, 4.69) is 48.3 Å². The number of hydrogen-bond acceptors (Lipinski definition) is 3. The molecule has 1 saturated heterocycles. The molecule has 0 aliphatic carbocycles. The minimum absolute atomic E-state index is 0.733. The van der Waals surface area contributed by atoms with Crippen LogP contribution in [0.3, 0.4) is 0 Å². The summed E-state index contributed by atoms with van der Waals surface area (Å²) in [4.78, 5) is 9.70. The molecule has 130 valence electrons. The summed E-state index contributed by atoms with van der Waals surface area (Å²) in [6.07, 6.45) is 3.62. The molecule has 1 fully saturated rings. The molecule has 22 heavy (non-hydrogen) atoms. The largest absolute Gasteiger partial charge is 0.357 e. The van der Waals surface area contributed by atoms with Gasteiger partial charge in [0.25, 0.3) is 0 Å². The molecule has 0 aromatic rings. The molecular weight excluding hydrogens is 274 g/mol. The third-order valence-corrected chi connectivity index (χ3v) is 4.07. The fourth-order valence-electron chi connectivity index (χ4n) is 2.63. The van der Waals surface area contributed by atoms with Crippen molar-refractivity contribution in [2.45, 2.75) is 40.0 Å². The lowest BCUT2D eigenvalue weighted by atomic mass is 10.1. The molecule has 0 amide bonds. The molecule has 0 aromatic carbocycles. The Morgan fingerprint density at radius 2 is 1.95 bits per heavy atom. The number of aliphatic imine (C=N–C) groups is 1. The van der Waals surface area contributed by atoms with E-state index in [9.17, 15) is 0 Å². The highest BCUT2D eigenvalue weighted by Gasteiger charge is 2.11. The number of nitrogens with one attached hydrogen (secondary N) is 2. The van der Waals surface area contributed by atoms with Crippen LogP contribution < -0.4 is 10.6 Å². The molecule has 2 N–H and O–H groups in total. The van der Waals surface area contributed by atoms with E-state index in [1.54, 1.807) is 0 Å². The van der Waals surface area contributed by atoms with Crippen molar-refractivity contribution in [3.05, 3.63) is 0 Å². The minimum Gasteiger partial charge on any atom is -0.357 e. The second kappa shape index (κ2) is 11.7. The Morgan fingerprint density at radius 3 is 2.68 bits per heavy atom. The smallest absolute Gasteiger partial charge is 0.191 e. The summed E-state index contributed by atoms with van der Waals surface area (Å²) in [5, 5.41) is 6.75. The van der Waals surface area contributed by atoms with Crippen LogP contribution in [0.2, 0.25) is 0 Å². The van der Waals surface area contributed by atoms with Gasteiger partial charge in [0, 0.05) is 32.7 Å². The molecule has 0 saturated carbocycles. The second-order valence-electron chi connectivity index (χ2n) is 6.72. The molecule has 1 heterocycles. The third-order valence-electron chi connectivity index (χ3n) is 4.07. The molecule has 5 heteroatoms. The lowest BCUT2D eigenvalue weighted by Gasteiger charge is -2.19. The zero-order chi connectivity index (χ0) is 16.2.